The quantitative estimate of drug-likeness (QED) is 0.617. The SMILES string of the molecule is Cc1cccc([N+](=O)[O-])c1N(C)C1CNC1. The Labute approximate surface area is 94.2 Å². The van der Waals surface area contributed by atoms with Crippen molar-refractivity contribution in [2.45, 2.75) is 13.0 Å². The van der Waals surface area contributed by atoms with Gasteiger partial charge >= 0.3 is 0 Å². The Bertz CT molecular complexity index is 416. The van der Waals surface area contributed by atoms with Gasteiger partial charge in [-0.25, -0.2) is 0 Å². The van der Waals surface area contributed by atoms with E-state index in [1.807, 2.05) is 24.9 Å². The zero-order valence-electron chi connectivity index (χ0n) is 9.43. The summed E-state index contributed by atoms with van der Waals surface area (Å²) in [6, 6.07) is 5.56. The first-order valence-electron chi connectivity index (χ1n) is 5.29. The lowest BCUT2D eigenvalue weighted by atomic mass is 10.1. The molecule has 1 aliphatic rings. The Morgan fingerprint density at radius 2 is 2.19 bits per heavy atom. The summed E-state index contributed by atoms with van der Waals surface area (Å²) in [5, 5.41) is 14.1. The molecule has 1 N–H and O–H groups in total. The number of hydrogen-bond donors (Lipinski definition) is 1. The van der Waals surface area contributed by atoms with E-state index in [0.29, 0.717) is 6.04 Å². The third-order valence-corrected chi connectivity index (χ3v) is 3.07. The van der Waals surface area contributed by atoms with Crippen molar-refractivity contribution in [1.29, 1.82) is 0 Å². The molecule has 0 aromatic heterocycles. The van der Waals surface area contributed by atoms with Crippen molar-refractivity contribution in [2.24, 2.45) is 0 Å². The van der Waals surface area contributed by atoms with Gasteiger partial charge in [-0.15, -0.1) is 0 Å². The van der Waals surface area contributed by atoms with E-state index < -0.39 is 0 Å². The number of nitrogens with zero attached hydrogens (tertiary/aromatic N) is 2. The first-order chi connectivity index (χ1) is 7.61. The number of para-hydroxylation sites is 1. The van der Waals surface area contributed by atoms with Crippen LogP contribution in [0, 0.1) is 17.0 Å². The number of hydrogen-bond acceptors (Lipinski definition) is 4. The second-order valence-electron chi connectivity index (χ2n) is 4.12. The number of nitro groups is 1. The van der Waals surface area contributed by atoms with E-state index >= 15 is 0 Å². The number of nitro benzene ring substituents is 1. The fourth-order valence-corrected chi connectivity index (χ4v) is 1.98. The molecule has 5 heteroatoms. The van der Waals surface area contributed by atoms with E-state index in [1.54, 1.807) is 12.1 Å². The average molecular weight is 221 g/mol. The highest BCUT2D eigenvalue weighted by Crippen LogP contribution is 2.32. The molecule has 16 heavy (non-hydrogen) atoms. The van der Waals surface area contributed by atoms with Crippen LogP contribution in [0.3, 0.4) is 0 Å². The van der Waals surface area contributed by atoms with Crippen molar-refractivity contribution in [3.05, 3.63) is 33.9 Å². The molecule has 86 valence electrons. The minimum absolute atomic E-state index is 0.189. The molecule has 1 aliphatic heterocycles. The molecule has 1 heterocycles. The lowest BCUT2D eigenvalue weighted by molar-refractivity contribution is -0.384. The van der Waals surface area contributed by atoms with E-state index in [4.69, 9.17) is 0 Å². The van der Waals surface area contributed by atoms with Crippen molar-refractivity contribution in [1.82, 2.24) is 5.32 Å². The van der Waals surface area contributed by atoms with Gasteiger partial charge in [0.25, 0.3) is 5.69 Å². The first kappa shape index (κ1) is 10.9. The number of aryl methyl sites for hydroxylation is 1. The van der Waals surface area contributed by atoms with E-state index in [2.05, 4.69) is 5.32 Å². The van der Waals surface area contributed by atoms with Crippen molar-refractivity contribution < 1.29 is 4.92 Å². The molecule has 1 saturated heterocycles. The van der Waals surface area contributed by atoms with Gasteiger partial charge in [-0.05, 0) is 12.5 Å². The van der Waals surface area contributed by atoms with Crippen LogP contribution in [0.15, 0.2) is 18.2 Å². The monoisotopic (exact) mass is 221 g/mol. The van der Waals surface area contributed by atoms with Crippen LogP contribution < -0.4 is 10.2 Å². The average Bonchev–Trinajstić information content (AvgIpc) is 2.14. The summed E-state index contributed by atoms with van der Waals surface area (Å²) in [5.41, 5.74) is 1.87. The van der Waals surface area contributed by atoms with Gasteiger partial charge in [0.2, 0.25) is 0 Å². The lowest BCUT2D eigenvalue weighted by Gasteiger charge is -2.37. The topological polar surface area (TPSA) is 58.4 Å². The fraction of sp³-hybridized carbons (Fsp3) is 0.455. The molecule has 0 aliphatic carbocycles. The van der Waals surface area contributed by atoms with Gasteiger partial charge < -0.3 is 10.2 Å². The maximum Gasteiger partial charge on any atom is 0.292 e. The van der Waals surface area contributed by atoms with Gasteiger partial charge in [0.1, 0.15) is 5.69 Å². The number of anilines is 1. The van der Waals surface area contributed by atoms with Crippen molar-refractivity contribution in [3.8, 4) is 0 Å². The summed E-state index contributed by atoms with van der Waals surface area (Å²) in [5.74, 6) is 0. The molecule has 0 unspecified atom stereocenters. The van der Waals surface area contributed by atoms with Gasteiger partial charge in [0, 0.05) is 26.2 Å². The second kappa shape index (κ2) is 4.09. The van der Waals surface area contributed by atoms with Gasteiger partial charge in [-0.3, -0.25) is 10.1 Å². The van der Waals surface area contributed by atoms with Crippen molar-refractivity contribution in [2.75, 3.05) is 25.0 Å². The Balaban J connectivity index is 2.40. The molecule has 1 aromatic rings. The van der Waals surface area contributed by atoms with Crippen LogP contribution >= 0.6 is 0 Å². The Kier molecular flexibility index (Phi) is 2.78. The number of likely N-dealkylation sites (N-methyl/N-ethyl adjacent to an activating group) is 1. The third kappa shape index (κ3) is 1.74. The number of rotatable bonds is 3. The molecule has 1 aromatic carbocycles. The minimum Gasteiger partial charge on any atom is -0.363 e. The predicted molar refractivity (Wildman–Crippen MR) is 62.9 cm³/mol. The smallest absolute Gasteiger partial charge is 0.292 e. The summed E-state index contributed by atoms with van der Waals surface area (Å²) in [7, 11) is 1.92. The molecular weight excluding hydrogens is 206 g/mol. The van der Waals surface area contributed by atoms with Crippen LogP contribution in [-0.2, 0) is 0 Å². The van der Waals surface area contributed by atoms with Gasteiger partial charge in [-0.1, -0.05) is 12.1 Å². The fourth-order valence-electron chi connectivity index (χ4n) is 1.98. The molecule has 0 atom stereocenters. The Morgan fingerprint density at radius 3 is 2.69 bits per heavy atom. The van der Waals surface area contributed by atoms with E-state index in [9.17, 15) is 10.1 Å². The van der Waals surface area contributed by atoms with Crippen LogP contribution in [0.4, 0.5) is 11.4 Å². The Hall–Kier alpha value is -1.62. The van der Waals surface area contributed by atoms with E-state index in [0.717, 1.165) is 24.3 Å². The molecule has 0 amide bonds. The number of nitrogens with one attached hydrogen (secondary N) is 1. The van der Waals surface area contributed by atoms with Crippen LogP contribution in [0.1, 0.15) is 5.56 Å². The van der Waals surface area contributed by atoms with Crippen molar-refractivity contribution >= 4 is 11.4 Å². The maximum atomic E-state index is 11.0. The van der Waals surface area contributed by atoms with E-state index in [1.165, 1.54) is 0 Å². The van der Waals surface area contributed by atoms with Crippen LogP contribution in [-0.4, -0.2) is 31.1 Å². The van der Waals surface area contributed by atoms with Gasteiger partial charge in [-0.2, -0.15) is 0 Å². The molecule has 0 saturated carbocycles. The summed E-state index contributed by atoms with van der Waals surface area (Å²) < 4.78 is 0. The normalized spacial score (nSPS) is 15.6. The summed E-state index contributed by atoms with van der Waals surface area (Å²) >= 11 is 0. The molecule has 0 spiro atoms. The highest BCUT2D eigenvalue weighted by atomic mass is 16.6. The largest absolute Gasteiger partial charge is 0.363 e. The predicted octanol–water partition coefficient (Wildman–Crippen LogP) is 1.31. The maximum absolute atomic E-state index is 11.0. The number of benzene rings is 1. The zero-order chi connectivity index (χ0) is 11.7. The molecule has 1 fully saturated rings. The molecule has 2 rings (SSSR count). The summed E-state index contributed by atoms with van der Waals surface area (Å²) in [4.78, 5) is 12.7. The first-order valence-corrected chi connectivity index (χ1v) is 5.29. The highest BCUT2D eigenvalue weighted by Gasteiger charge is 2.27. The van der Waals surface area contributed by atoms with Gasteiger partial charge in [0.05, 0.1) is 11.0 Å². The van der Waals surface area contributed by atoms with Crippen molar-refractivity contribution in [3.63, 3.8) is 0 Å². The molecular formula is C11H15N3O2. The van der Waals surface area contributed by atoms with Gasteiger partial charge in [0.15, 0.2) is 0 Å². The standard InChI is InChI=1S/C11H15N3O2/c1-8-4-3-5-10(14(15)16)11(8)13(2)9-6-12-7-9/h3-5,9,12H,6-7H2,1-2H3. The summed E-state index contributed by atoms with van der Waals surface area (Å²) in [6.45, 7) is 3.69. The molecule has 0 bridgehead atoms. The highest BCUT2D eigenvalue weighted by molar-refractivity contribution is 5.68. The van der Waals surface area contributed by atoms with Crippen LogP contribution in [0.5, 0.6) is 0 Å². The lowest BCUT2D eigenvalue weighted by Crippen LogP contribution is -2.56. The molecule has 0 radical (unpaired) electrons. The van der Waals surface area contributed by atoms with E-state index in [-0.39, 0.29) is 10.6 Å². The minimum atomic E-state index is -0.315. The Morgan fingerprint density at radius 1 is 1.50 bits per heavy atom. The zero-order valence-corrected chi connectivity index (χ0v) is 9.43. The summed E-state index contributed by atoms with van der Waals surface area (Å²) in [6.07, 6.45) is 0. The second-order valence-corrected chi connectivity index (χ2v) is 4.12. The van der Waals surface area contributed by atoms with Crippen LogP contribution in [0.25, 0.3) is 0 Å². The molecule has 5 nitrogen and oxygen atoms in total. The third-order valence-electron chi connectivity index (χ3n) is 3.07. The van der Waals surface area contributed by atoms with Crippen LogP contribution in [0.2, 0.25) is 0 Å².